The number of hydrogen-bond acceptors (Lipinski definition) is 4. The number of carboxylic acids is 2. The molecule has 19 heavy (non-hydrogen) atoms. The fourth-order valence-electron chi connectivity index (χ4n) is 1.28. The summed E-state index contributed by atoms with van der Waals surface area (Å²) in [5, 5.41) is 19.5. The molecule has 1 unspecified atom stereocenters. The summed E-state index contributed by atoms with van der Waals surface area (Å²) in [6.07, 6.45) is -0.697. The van der Waals surface area contributed by atoms with Crippen molar-refractivity contribution in [1.82, 2.24) is 5.32 Å². The third-order valence-electron chi connectivity index (χ3n) is 2.24. The molecule has 102 valence electrons. The highest BCUT2D eigenvalue weighted by Crippen LogP contribution is 2.20. The van der Waals surface area contributed by atoms with Crippen molar-refractivity contribution in [3.63, 3.8) is 0 Å². The molecule has 0 heterocycles. The number of halogens is 1. The van der Waals surface area contributed by atoms with E-state index in [2.05, 4.69) is 21.2 Å². The van der Waals surface area contributed by atoms with Gasteiger partial charge in [0, 0.05) is 15.7 Å². The highest BCUT2D eigenvalue weighted by atomic mass is 79.9. The number of nitrogens with two attached hydrogens (primary N) is 1. The summed E-state index contributed by atoms with van der Waals surface area (Å²) < 4.78 is 0.491. The second kappa shape index (κ2) is 6.19. The molecule has 0 aliphatic carbocycles. The van der Waals surface area contributed by atoms with E-state index in [0.717, 1.165) is 0 Å². The normalized spacial score (nSPS) is 11.6. The summed E-state index contributed by atoms with van der Waals surface area (Å²) in [5.74, 6) is -3.41. The summed E-state index contributed by atoms with van der Waals surface area (Å²) in [6, 6.07) is 2.83. The highest BCUT2D eigenvalue weighted by molar-refractivity contribution is 9.10. The number of aliphatic carboxylic acids is 2. The number of hydrogen-bond donors (Lipinski definition) is 4. The van der Waals surface area contributed by atoms with Gasteiger partial charge in [-0.1, -0.05) is 0 Å². The van der Waals surface area contributed by atoms with Crippen molar-refractivity contribution in [3.05, 3.63) is 28.2 Å². The number of carboxylic acid groups (broad SMARTS) is 2. The number of nitrogens with one attached hydrogen (secondary N) is 1. The van der Waals surface area contributed by atoms with Gasteiger partial charge in [-0.3, -0.25) is 9.59 Å². The zero-order valence-corrected chi connectivity index (χ0v) is 11.2. The lowest BCUT2D eigenvalue weighted by Crippen LogP contribution is -2.42. The van der Waals surface area contributed by atoms with Gasteiger partial charge in [0.15, 0.2) is 0 Å². The third-order valence-corrected chi connectivity index (χ3v) is 2.93. The Balaban J connectivity index is 2.84. The van der Waals surface area contributed by atoms with Crippen LogP contribution in [0.15, 0.2) is 22.7 Å². The lowest BCUT2D eigenvalue weighted by Gasteiger charge is -2.12. The minimum Gasteiger partial charge on any atom is -0.481 e. The molecule has 1 amide bonds. The second-order valence-electron chi connectivity index (χ2n) is 3.70. The average molecular weight is 331 g/mol. The van der Waals surface area contributed by atoms with Gasteiger partial charge in [-0.2, -0.15) is 0 Å². The molecule has 0 aliphatic rings. The molecular formula is C11H11BrN2O5. The van der Waals surface area contributed by atoms with Gasteiger partial charge in [0.05, 0.1) is 6.42 Å². The van der Waals surface area contributed by atoms with E-state index in [9.17, 15) is 14.4 Å². The number of carbonyl (C=O) groups is 3. The molecule has 0 aliphatic heterocycles. The molecule has 0 bridgehead atoms. The number of amides is 1. The van der Waals surface area contributed by atoms with E-state index in [-0.39, 0.29) is 5.56 Å². The van der Waals surface area contributed by atoms with Gasteiger partial charge < -0.3 is 21.3 Å². The highest BCUT2D eigenvalue weighted by Gasteiger charge is 2.23. The van der Waals surface area contributed by atoms with E-state index in [1.165, 1.54) is 18.2 Å². The Morgan fingerprint density at radius 2 is 1.95 bits per heavy atom. The molecule has 0 aromatic heterocycles. The van der Waals surface area contributed by atoms with E-state index in [4.69, 9.17) is 15.9 Å². The predicted molar refractivity (Wildman–Crippen MR) is 69.7 cm³/mol. The topological polar surface area (TPSA) is 130 Å². The van der Waals surface area contributed by atoms with Gasteiger partial charge in [-0.25, -0.2) is 4.79 Å². The molecule has 5 N–H and O–H groups in total. The first-order valence-electron chi connectivity index (χ1n) is 5.11. The van der Waals surface area contributed by atoms with Crippen LogP contribution in [0.1, 0.15) is 16.8 Å². The van der Waals surface area contributed by atoms with Crippen molar-refractivity contribution >= 4 is 39.5 Å². The van der Waals surface area contributed by atoms with Crippen LogP contribution < -0.4 is 11.1 Å². The molecule has 0 radical (unpaired) electrons. The van der Waals surface area contributed by atoms with Crippen molar-refractivity contribution in [2.75, 3.05) is 5.73 Å². The quantitative estimate of drug-likeness (QED) is 0.587. The van der Waals surface area contributed by atoms with Crippen LogP contribution in [0, 0.1) is 0 Å². The van der Waals surface area contributed by atoms with E-state index in [1.807, 2.05) is 0 Å². The fourth-order valence-corrected chi connectivity index (χ4v) is 1.66. The molecule has 1 aromatic carbocycles. The maximum atomic E-state index is 11.8. The van der Waals surface area contributed by atoms with Crippen molar-refractivity contribution in [3.8, 4) is 0 Å². The Morgan fingerprint density at radius 3 is 2.42 bits per heavy atom. The summed E-state index contributed by atoms with van der Waals surface area (Å²) >= 11 is 3.13. The Bertz CT molecular complexity index is 532. The number of benzene rings is 1. The second-order valence-corrected chi connectivity index (χ2v) is 4.55. The van der Waals surface area contributed by atoms with E-state index >= 15 is 0 Å². The number of carbonyl (C=O) groups excluding carboxylic acids is 1. The van der Waals surface area contributed by atoms with E-state index < -0.39 is 30.3 Å². The smallest absolute Gasteiger partial charge is 0.326 e. The summed E-state index contributed by atoms with van der Waals surface area (Å²) in [6.45, 7) is 0. The van der Waals surface area contributed by atoms with Crippen molar-refractivity contribution in [1.29, 1.82) is 0 Å². The van der Waals surface area contributed by atoms with Crippen LogP contribution in [0.5, 0.6) is 0 Å². The van der Waals surface area contributed by atoms with Crippen molar-refractivity contribution < 1.29 is 24.6 Å². The predicted octanol–water partition coefficient (Wildman–Crippen LogP) is 0.689. The Hall–Kier alpha value is -2.09. The number of rotatable bonds is 5. The molecule has 8 heteroatoms. The number of anilines is 1. The molecule has 1 rings (SSSR count). The van der Waals surface area contributed by atoms with Crippen LogP contribution in [0.4, 0.5) is 5.69 Å². The minimum atomic E-state index is -1.48. The van der Waals surface area contributed by atoms with Gasteiger partial charge in [0.1, 0.15) is 6.04 Å². The lowest BCUT2D eigenvalue weighted by molar-refractivity contribution is -0.145. The minimum absolute atomic E-state index is 0.178. The standard InChI is InChI=1S/C11H11BrN2O5/c12-6-3-5(1-2-7(6)13)10(17)14-8(11(18)19)4-9(15)16/h1-3,8H,4,13H2,(H,14,17)(H,15,16)(H,18,19). The monoisotopic (exact) mass is 330 g/mol. The fraction of sp³-hybridized carbons (Fsp3) is 0.182. The summed E-state index contributed by atoms with van der Waals surface area (Å²) in [5.41, 5.74) is 6.16. The SMILES string of the molecule is Nc1ccc(C(=O)NC(CC(=O)O)C(=O)O)cc1Br. The molecular weight excluding hydrogens is 320 g/mol. The molecule has 0 saturated carbocycles. The third kappa shape index (κ3) is 4.25. The van der Waals surface area contributed by atoms with Crippen LogP contribution in [0.2, 0.25) is 0 Å². The maximum absolute atomic E-state index is 11.8. The maximum Gasteiger partial charge on any atom is 0.326 e. The van der Waals surface area contributed by atoms with Gasteiger partial charge in [0.2, 0.25) is 0 Å². The van der Waals surface area contributed by atoms with Gasteiger partial charge in [-0.15, -0.1) is 0 Å². The van der Waals surface area contributed by atoms with E-state index in [0.29, 0.717) is 10.2 Å². The summed E-state index contributed by atoms with van der Waals surface area (Å²) in [7, 11) is 0. The zero-order chi connectivity index (χ0) is 14.6. The van der Waals surface area contributed by atoms with Gasteiger partial charge >= 0.3 is 11.9 Å². The average Bonchev–Trinajstić information content (AvgIpc) is 2.31. The van der Waals surface area contributed by atoms with E-state index in [1.54, 1.807) is 0 Å². The molecule has 1 atom stereocenters. The zero-order valence-electron chi connectivity index (χ0n) is 9.59. The molecule has 0 spiro atoms. The van der Waals surface area contributed by atoms with Crippen LogP contribution in [0.25, 0.3) is 0 Å². The Labute approximate surface area is 116 Å². The van der Waals surface area contributed by atoms with Crippen LogP contribution in [0.3, 0.4) is 0 Å². The van der Waals surface area contributed by atoms with Crippen LogP contribution in [-0.2, 0) is 9.59 Å². The first kappa shape index (κ1) is 15.0. The first-order valence-corrected chi connectivity index (χ1v) is 5.91. The van der Waals surface area contributed by atoms with Crippen LogP contribution in [-0.4, -0.2) is 34.1 Å². The van der Waals surface area contributed by atoms with Gasteiger partial charge in [-0.05, 0) is 34.1 Å². The molecule has 1 aromatic rings. The first-order chi connectivity index (χ1) is 8.81. The van der Waals surface area contributed by atoms with Crippen molar-refractivity contribution in [2.24, 2.45) is 0 Å². The lowest BCUT2D eigenvalue weighted by atomic mass is 10.1. The Morgan fingerprint density at radius 1 is 1.32 bits per heavy atom. The van der Waals surface area contributed by atoms with Gasteiger partial charge in [0.25, 0.3) is 5.91 Å². The van der Waals surface area contributed by atoms with Crippen LogP contribution >= 0.6 is 15.9 Å². The molecule has 0 fully saturated rings. The number of nitrogen functional groups attached to an aromatic ring is 1. The summed E-state index contributed by atoms with van der Waals surface area (Å²) in [4.78, 5) is 33.1. The van der Waals surface area contributed by atoms with Crippen molar-refractivity contribution in [2.45, 2.75) is 12.5 Å². The molecule has 7 nitrogen and oxygen atoms in total. The Kier molecular flexibility index (Phi) is 4.87. The largest absolute Gasteiger partial charge is 0.481 e. The molecule has 0 saturated heterocycles.